The van der Waals surface area contributed by atoms with Gasteiger partial charge in [0.05, 0.1) is 11.3 Å². The zero-order valence-corrected chi connectivity index (χ0v) is 15.7. The number of nitrogens with zero attached hydrogens (tertiary/aromatic N) is 5. The molecule has 1 unspecified atom stereocenters. The first-order valence-electron chi connectivity index (χ1n) is 9.23. The van der Waals surface area contributed by atoms with Crippen LogP contribution in [-0.2, 0) is 11.8 Å². The molecule has 1 fully saturated rings. The Balaban J connectivity index is 1.64. The van der Waals surface area contributed by atoms with Gasteiger partial charge in [-0.3, -0.25) is 9.78 Å². The first kappa shape index (κ1) is 16.9. The van der Waals surface area contributed by atoms with Crippen LogP contribution in [0.2, 0.25) is 0 Å². The van der Waals surface area contributed by atoms with Gasteiger partial charge in [0, 0.05) is 51.2 Å². The highest BCUT2D eigenvalue weighted by Crippen LogP contribution is 2.44. The summed E-state index contributed by atoms with van der Waals surface area (Å²) in [4.78, 5) is 30.5. The Bertz CT molecular complexity index is 846. The number of carbonyl (C=O) groups excluding carboxylic acids is 1. The molecule has 0 radical (unpaired) electrons. The molecular formula is C20H25N5O. The fraction of sp³-hybridized carbons (Fsp3) is 0.500. The number of anilines is 1. The van der Waals surface area contributed by atoms with Crippen LogP contribution < -0.4 is 4.90 Å². The van der Waals surface area contributed by atoms with E-state index in [4.69, 9.17) is 4.98 Å². The maximum atomic E-state index is 13.0. The monoisotopic (exact) mass is 351 g/mol. The number of hydrogen-bond donors (Lipinski definition) is 0. The van der Waals surface area contributed by atoms with Crippen LogP contribution in [0.4, 0.5) is 5.95 Å². The average Bonchev–Trinajstić information content (AvgIpc) is 2.98. The number of pyridine rings is 1. The third-order valence-corrected chi connectivity index (χ3v) is 5.61. The van der Waals surface area contributed by atoms with Crippen molar-refractivity contribution in [2.75, 3.05) is 32.1 Å². The summed E-state index contributed by atoms with van der Waals surface area (Å²) < 4.78 is 0. The summed E-state index contributed by atoms with van der Waals surface area (Å²) in [5.74, 6) is 0.826. The van der Waals surface area contributed by atoms with Crippen molar-refractivity contribution in [2.24, 2.45) is 0 Å². The molecule has 6 nitrogen and oxygen atoms in total. The largest absolute Gasteiger partial charge is 0.347 e. The van der Waals surface area contributed by atoms with Gasteiger partial charge in [-0.15, -0.1) is 0 Å². The second kappa shape index (κ2) is 6.34. The lowest BCUT2D eigenvalue weighted by molar-refractivity contribution is 0.0633. The number of aryl methyl sites for hydroxylation is 2. The standard InChI is InChI=1S/C20H25N5O/c1-14-9-16(11-21-10-14)18(26)25-8-4-6-20(13-25)7-5-15-12-22-19(24(2)3)23-17(15)20/h9-12H,4-8,13H2,1-3H3. The lowest BCUT2D eigenvalue weighted by Crippen LogP contribution is -2.48. The molecule has 4 rings (SSSR count). The second-order valence-corrected chi connectivity index (χ2v) is 7.80. The molecule has 0 saturated carbocycles. The molecule has 2 aliphatic rings. The van der Waals surface area contributed by atoms with E-state index < -0.39 is 0 Å². The number of aromatic nitrogens is 3. The number of rotatable bonds is 2. The van der Waals surface area contributed by atoms with Crippen molar-refractivity contribution in [3.05, 3.63) is 47.0 Å². The van der Waals surface area contributed by atoms with Gasteiger partial charge in [-0.2, -0.15) is 0 Å². The Morgan fingerprint density at radius 1 is 1.23 bits per heavy atom. The van der Waals surface area contributed by atoms with Crippen molar-refractivity contribution in [3.63, 3.8) is 0 Å². The molecule has 1 aliphatic heterocycles. The Labute approximate surface area is 154 Å². The van der Waals surface area contributed by atoms with E-state index in [1.165, 1.54) is 5.56 Å². The number of fused-ring (bicyclic) bond motifs is 2. The maximum absolute atomic E-state index is 13.0. The van der Waals surface area contributed by atoms with E-state index in [0.717, 1.165) is 56.0 Å². The van der Waals surface area contributed by atoms with Crippen LogP contribution in [0.1, 0.15) is 46.4 Å². The molecule has 3 heterocycles. The highest BCUT2D eigenvalue weighted by atomic mass is 16.2. The molecule has 1 atom stereocenters. The number of carbonyl (C=O) groups is 1. The molecular weight excluding hydrogens is 326 g/mol. The van der Waals surface area contributed by atoms with Crippen molar-refractivity contribution in [1.29, 1.82) is 0 Å². The number of piperidine rings is 1. The summed E-state index contributed by atoms with van der Waals surface area (Å²) in [6.45, 7) is 3.50. The SMILES string of the molecule is Cc1cncc(C(=O)N2CCCC3(CCc4cnc(N(C)C)nc43)C2)c1. The molecule has 0 aromatic carbocycles. The zero-order valence-electron chi connectivity index (χ0n) is 15.7. The van der Waals surface area contributed by atoms with Gasteiger partial charge in [0.15, 0.2) is 0 Å². The predicted molar refractivity (Wildman–Crippen MR) is 100 cm³/mol. The van der Waals surface area contributed by atoms with E-state index in [0.29, 0.717) is 5.56 Å². The highest BCUT2D eigenvalue weighted by molar-refractivity contribution is 5.94. The minimum absolute atomic E-state index is 0.0335. The third kappa shape index (κ3) is 2.83. The van der Waals surface area contributed by atoms with Crippen LogP contribution in [0.15, 0.2) is 24.7 Å². The van der Waals surface area contributed by atoms with Crippen molar-refractivity contribution in [2.45, 2.75) is 38.0 Å². The van der Waals surface area contributed by atoms with Crippen molar-refractivity contribution in [3.8, 4) is 0 Å². The fourth-order valence-electron chi connectivity index (χ4n) is 4.30. The molecule has 0 bridgehead atoms. The quantitative estimate of drug-likeness (QED) is 0.831. The third-order valence-electron chi connectivity index (χ3n) is 5.61. The van der Waals surface area contributed by atoms with E-state index in [-0.39, 0.29) is 11.3 Å². The van der Waals surface area contributed by atoms with Gasteiger partial charge >= 0.3 is 0 Å². The molecule has 2 aromatic rings. The number of amides is 1. The van der Waals surface area contributed by atoms with E-state index in [1.54, 1.807) is 12.4 Å². The van der Waals surface area contributed by atoms with E-state index in [1.807, 2.05) is 43.1 Å². The van der Waals surface area contributed by atoms with Crippen LogP contribution in [0.5, 0.6) is 0 Å². The maximum Gasteiger partial charge on any atom is 0.255 e. The molecule has 2 aromatic heterocycles. The summed E-state index contributed by atoms with van der Waals surface area (Å²) in [6, 6.07) is 1.92. The zero-order chi connectivity index (χ0) is 18.3. The Morgan fingerprint density at radius 2 is 2.08 bits per heavy atom. The van der Waals surface area contributed by atoms with Crippen LogP contribution in [0.3, 0.4) is 0 Å². The highest BCUT2D eigenvalue weighted by Gasteiger charge is 2.45. The smallest absolute Gasteiger partial charge is 0.255 e. The second-order valence-electron chi connectivity index (χ2n) is 7.80. The molecule has 6 heteroatoms. The molecule has 136 valence electrons. The first-order chi connectivity index (χ1) is 12.5. The molecule has 1 amide bonds. The van der Waals surface area contributed by atoms with Gasteiger partial charge < -0.3 is 9.80 Å². The van der Waals surface area contributed by atoms with Crippen LogP contribution in [-0.4, -0.2) is 52.9 Å². The van der Waals surface area contributed by atoms with E-state index in [9.17, 15) is 4.79 Å². The van der Waals surface area contributed by atoms with Gasteiger partial charge in [-0.05, 0) is 49.8 Å². The van der Waals surface area contributed by atoms with Crippen molar-refractivity contribution in [1.82, 2.24) is 19.9 Å². The summed E-state index contributed by atoms with van der Waals surface area (Å²) in [5.41, 5.74) is 4.04. The van der Waals surface area contributed by atoms with Crippen LogP contribution in [0.25, 0.3) is 0 Å². The summed E-state index contributed by atoms with van der Waals surface area (Å²) >= 11 is 0. The Kier molecular flexibility index (Phi) is 4.13. The van der Waals surface area contributed by atoms with Gasteiger partial charge in [0.25, 0.3) is 5.91 Å². The molecule has 26 heavy (non-hydrogen) atoms. The number of hydrogen-bond acceptors (Lipinski definition) is 5. The summed E-state index contributed by atoms with van der Waals surface area (Å²) in [5, 5.41) is 0. The predicted octanol–water partition coefficient (Wildman–Crippen LogP) is 2.37. The van der Waals surface area contributed by atoms with Crippen molar-refractivity contribution < 1.29 is 4.79 Å². The molecule has 0 N–H and O–H groups in total. The summed E-state index contributed by atoms with van der Waals surface area (Å²) in [7, 11) is 3.93. The van der Waals surface area contributed by atoms with Gasteiger partial charge in [0.1, 0.15) is 0 Å². The topological polar surface area (TPSA) is 62.2 Å². The van der Waals surface area contributed by atoms with Crippen LogP contribution >= 0.6 is 0 Å². The van der Waals surface area contributed by atoms with Gasteiger partial charge in [-0.25, -0.2) is 9.97 Å². The normalized spacial score (nSPS) is 21.7. The van der Waals surface area contributed by atoms with Crippen LogP contribution in [0, 0.1) is 6.92 Å². The Morgan fingerprint density at radius 3 is 2.85 bits per heavy atom. The first-order valence-corrected chi connectivity index (χ1v) is 9.23. The number of likely N-dealkylation sites (tertiary alicyclic amines) is 1. The molecule has 1 aliphatic carbocycles. The lowest BCUT2D eigenvalue weighted by atomic mass is 9.77. The van der Waals surface area contributed by atoms with Gasteiger partial charge in [-0.1, -0.05) is 0 Å². The van der Waals surface area contributed by atoms with Crippen molar-refractivity contribution >= 4 is 11.9 Å². The van der Waals surface area contributed by atoms with Gasteiger partial charge in [0.2, 0.25) is 5.95 Å². The lowest BCUT2D eigenvalue weighted by Gasteiger charge is -2.40. The molecule has 1 spiro atoms. The molecule has 1 saturated heterocycles. The summed E-state index contributed by atoms with van der Waals surface area (Å²) in [6.07, 6.45) is 9.55. The van der Waals surface area contributed by atoms with E-state index in [2.05, 4.69) is 9.97 Å². The minimum atomic E-state index is -0.0335. The Hall–Kier alpha value is -2.50. The minimum Gasteiger partial charge on any atom is -0.347 e. The van der Waals surface area contributed by atoms with E-state index >= 15 is 0 Å². The average molecular weight is 351 g/mol. The fourth-order valence-corrected chi connectivity index (χ4v) is 4.30.